The van der Waals surface area contributed by atoms with Crippen LogP contribution >= 0.6 is 0 Å². The zero-order valence-corrected chi connectivity index (χ0v) is 36.0. The Morgan fingerprint density at radius 3 is 1.19 bits per heavy atom. The van der Waals surface area contributed by atoms with Gasteiger partial charge in [0.2, 0.25) is 0 Å². The fourth-order valence-electron chi connectivity index (χ4n) is 9.18. The van der Waals surface area contributed by atoms with Crippen molar-refractivity contribution in [3.8, 4) is 44.5 Å². The van der Waals surface area contributed by atoms with Crippen molar-refractivity contribution in [2.45, 2.75) is 97.3 Å². The normalized spacial score (nSPS) is 13.1. The first-order valence-corrected chi connectivity index (χ1v) is 21.9. The summed E-state index contributed by atoms with van der Waals surface area (Å²) in [5.74, 6) is -16.8. The van der Waals surface area contributed by atoms with E-state index in [2.05, 4.69) is 62.4 Å². The van der Waals surface area contributed by atoms with Gasteiger partial charge in [-0.05, 0) is 76.8 Å². The summed E-state index contributed by atoms with van der Waals surface area (Å²) in [5, 5.41) is 0. The number of halogens is 8. The lowest BCUT2D eigenvalue weighted by atomic mass is 9.70. The Hall–Kier alpha value is -5.76. The van der Waals surface area contributed by atoms with Gasteiger partial charge in [0.25, 0.3) is 0 Å². The first kappa shape index (κ1) is 45.3. The topological polar surface area (TPSA) is 0 Å². The molecule has 326 valence electrons. The van der Waals surface area contributed by atoms with Gasteiger partial charge in [0, 0.05) is 5.41 Å². The first-order chi connectivity index (χ1) is 30.4. The molecule has 0 N–H and O–H groups in total. The summed E-state index contributed by atoms with van der Waals surface area (Å²) in [6.07, 6.45) is 19.3. The Labute approximate surface area is 365 Å². The van der Waals surface area contributed by atoms with E-state index < -0.39 is 68.8 Å². The predicted octanol–water partition coefficient (Wildman–Crippen LogP) is 17.5. The largest absolute Gasteiger partial charge is 0.203 e. The van der Waals surface area contributed by atoms with E-state index in [1.165, 1.54) is 102 Å². The van der Waals surface area contributed by atoms with Crippen molar-refractivity contribution < 1.29 is 35.1 Å². The molecule has 6 aromatic carbocycles. The Bertz CT molecular complexity index is 2620. The molecular weight excluding hydrogens is 813 g/mol. The summed E-state index contributed by atoms with van der Waals surface area (Å²) in [6.45, 7) is 8.14. The van der Waals surface area contributed by atoms with Gasteiger partial charge in [-0.1, -0.05) is 180 Å². The van der Waals surface area contributed by atoms with Gasteiger partial charge in [-0.2, -0.15) is 0 Å². The minimum absolute atomic E-state index is 0.145. The number of benzene rings is 6. The maximum absolute atomic E-state index is 15.7. The number of allylic oxidation sites excluding steroid dienone is 1. The van der Waals surface area contributed by atoms with Crippen molar-refractivity contribution in [1.82, 2.24) is 0 Å². The second-order valence-corrected chi connectivity index (χ2v) is 16.6. The van der Waals surface area contributed by atoms with Crippen LogP contribution in [0.15, 0.2) is 91.0 Å². The third-order valence-corrected chi connectivity index (χ3v) is 12.5. The lowest BCUT2D eigenvalue weighted by molar-refractivity contribution is 0.401. The molecule has 0 unspecified atom stereocenters. The van der Waals surface area contributed by atoms with E-state index >= 15 is 35.1 Å². The molecule has 0 saturated heterocycles. The standard InChI is InChI=1S/C55H50F8/c1-5-8-10-12-29-55(30-13-11-9-6-2)41-31-35(14-7-3)21-27-39(41)40-28-22-36(32-42(40)55)18-17-34-19-25-38(26-20-34)44-49(58)53(62)46(54(63)50(44)59)45-51(60)47(56)43(48(57)52(45)61)37-23-15-33(4)16-24-37/h7,14-28,31-32H,5-6,8-13,29-30H2,1-4H3/b14-7+,18-17+. The maximum Gasteiger partial charge on any atom is 0.170 e. The van der Waals surface area contributed by atoms with Crippen molar-refractivity contribution in [2.24, 2.45) is 0 Å². The molecule has 0 bridgehead atoms. The van der Waals surface area contributed by atoms with Crippen LogP contribution in [0.2, 0.25) is 0 Å². The SMILES string of the molecule is C/C=C/c1ccc2c(c1)C(CCCCCC)(CCCCCC)c1cc(/C=C/c3ccc(-c4c(F)c(F)c(-c5c(F)c(F)c(-c6ccc(C)cc6)c(F)c5F)c(F)c4F)cc3)ccc1-2. The minimum Gasteiger partial charge on any atom is -0.203 e. The number of rotatable bonds is 16. The number of unbranched alkanes of at least 4 members (excludes halogenated alkanes) is 6. The van der Waals surface area contributed by atoms with Crippen LogP contribution in [0.25, 0.3) is 62.7 Å². The van der Waals surface area contributed by atoms with E-state index in [1.807, 2.05) is 19.1 Å². The van der Waals surface area contributed by atoms with Crippen LogP contribution in [-0.4, -0.2) is 0 Å². The molecule has 1 aliphatic rings. The van der Waals surface area contributed by atoms with Crippen LogP contribution in [0.1, 0.15) is 118 Å². The fraction of sp³-hybridized carbons (Fsp3) is 0.273. The molecule has 6 aromatic rings. The smallest absolute Gasteiger partial charge is 0.170 e. The van der Waals surface area contributed by atoms with Gasteiger partial charge >= 0.3 is 0 Å². The molecule has 0 radical (unpaired) electrons. The van der Waals surface area contributed by atoms with Gasteiger partial charge in [0.1, 0.15) is 0 Å². The highest BCUT2D eigenvalue weighted by Gasteiger charge is 2.42. The van der Waals surface area contributed by atoms with Crippen LogP contribution in [0.5, 0.6) is 0 Å². The fourth-order valence-corrected chi connectivity index (χ4v) is 9.18. The van der Waals surface area contributed by atoms with Gasteiger partial charge in [0.05, 0.1) is 22.3 Å². The lowest BCUT2D eigenvalue weighted by Crippen LogP contribution is -2.25. The van der Waals surface area contributed by atoms with Crippen LogP contribution < -0.4 is 0 Å². The van der Waals surface area contributed by atoms with E-state index in [-0.39, 0.29) is 16.5 Å². The third kappa shape index (κ3) is 8.66. The van der Waals surface area contributed by atoms with E-state index in [0.717, 1.165) is 44.1 Å². The Kier molecular flexibility index (Phi) is 13.9. The zero-order valence-electron chi connectivity index (χ0n) is 36.0. The Morgan fingerprint density at radius 1 is 0.413 bits per heavy atom. The van der Waals surface area contributed by atoms with Gasteiger partial charge in [-0.15, -0.1) is 0 Å². The number of hydrogen-bond acceptors (Lipinski definition) is 0. The molecule has 0 aliphatic heterocycles. The molecule has 0 amide bonds. The quantitative estimate of drug-likeness (QED) is 0.0394. The predicted molar refractivity (Wildman–Crippen MR) is 241 cm³/mol. The van der Waals surface area contributed by atoms with E-state index in [1.54, 1.807) is 6.92 Å². The first-order valence-electron chi connectivity index (χ1n) is 21.9. The van der Waals surface area contributed by atoms with Crippen molar-refractivity contribution in [3.63, 3.8) is 0 Å². The molecule has 0 spiro atoms. The summed E-state index contributed by atoms with van der Waals surface area (Å²) >= 11 is 0. The lowest BCUT2D eigenvalue weighted by Gasteiger charge is -2.33. The van der Waals surface area contributed by atoms with Crippen LogP contribution in [0.3, 0.4) is 0 Å². The average molecular weight is 863 g/mol. The second kappa shape index (κ2) is 19.3. The molecule has 8 heteroatoms. The summed E-state index contributed by atoms with van der Waals surface area (Å²) < 4.78 is 124. The Morgan fingerprint density at radius 2 is 0.778 bits per heavy atom. The molecule has 0 heterocycles. The van der Waals surface area contributed by atoms with Crippen molar-refractivity contribution in [3.05, 3.63) is 171 Å². The van der Waals surface area contributed by atoms with Crippen LogP contribution in [-0.2, 0) is 5.41 Å². The van der Waals surface area contributed by atoms with E-state index in [4.69, 9.17) is 0 Å². The van der Waals surface area contributed by atoms with E-state index in [0.29, 0.717) is 11.1 Å². The van der Waals surface area contributed by atoms with Crippen molar-refractivity contribution >= 4 is 18.2 Å². The Balaban J connectivity index is 1.21. The number of fused-ring (bicyclic) bond motifs is 3. The molecule has 7 rings (SSSR count). The zero-order chi connectivity index (χ0) is 45.0. The number of aryl methyl sites for hydroxylation is 1. The second-order valence-electron chi connectivity index (χ2n) is 16.6. The van der Waals surface area contributed by atoms with E-state index in [9.17, 15) is 0 Å². The van der Waals surface area contributed by atoms with Gasteiger partial charge in [-0.25, -0.2) is 35.1 Å². The molecule has 0 atom stereocenters. The maximum atomic E-state index is 15.7. The van der Waals surface area contributed by atoms with Crippen molar-refractivity contribution in [1.29, 1.82) is 0 Å². The summed E-state index contributed by atoms with van der Waals surface area (Å²) in [6, 6.07) is 24.1. The summed E-state index contributed by atoms with van der Waals surface area (Å²) in [7, 11) is 0. The summed E-state index contributed by atoms with van der Waals surface area (Å²) in [5.41, 5.74) is 1.86. The van der Waals surface area contributed by atoms with Crippen LogP contribution in [0.4, 0.5) is 35.1 Å². The molecule has 0 saturated carbocycles. The highest BCUT2D eigenvalue weighted by molar-refractivity contribution is 5.85. The molecule has 0 aromatic heterocycles. The monoisotopic (exact) mass is 862 g/mol. The van der Waals surface area contributed by atoms with Gasteiger partial charge < -0.3 is 0 Å². The van der Waals surface area contributed by atoms with Crippen LogP contribution in [0, 0.1) is 53.5 Å². The molecule has 0 nitrogen and oxygen atoms in total. The highest BCUT2D eigenvalue weighted by atomic mass is 19.2. The minimum atomic E-state index is -2.21. The van der Waals surface area contributed by atoms with Crippen molar-refractivity contribution in [2.75, 3.05) is 0 Å². The number of hydrogen-bond donors (Lipinski definition) is 0. The third-order valence-electron chi connectivity index (χ3n) is 12.5. The van der Waals surface area contributed by atoms with Gasteiger partial charge in [0.15, 0.2) is 46.5 Å². The molecule has 0 fully saturated rings. The molecule has 1 aliphatic carbocycles. The highest BCUT2D eigenvalue weighted by Crippen LogP contribution is 2.55. The van der Waals surface area contributed by atoms with Gasteiger partial charge in [-0.3, -0.25) is 0 Å². The molecule has 63 heavy (non-hydrogen) atoms. The molecular formula is C55H50F8. The summed E-state index contributed by atoms with van der Waals surface area (Å²) in [4.78, 5) is 0. The average Bonchev–Trinajstić information content (AvgIpc) is 3.54.